The largest absolute Gasteiger partial charge is 0.356 e. The summed E-state index contributed by atoms with van der Waals surface area (Å²) in [5, 5.41) is 18.4. The molecule has 2 aromatic heterocycles. The van der Waals surface area contributed by atoms with E-state index in [0.717, 1.165) is 0 Å². The van der Waals surface area contributed by atoms with Gasteiger partial charge in [0.05, 0.1) is 17.1 Å². The van der Waals surface area contributed by atoms with E-state index in [1.54, 1.807) is 41.9 Å². The lowest BCUT2D eigenvalue weighted by molar-refractivity contribution is 0.130. The van der Waals surface area contributed by atoms with Crippen molar-refractivity contribution in [2.24, 2.45) is 0 Å². The zero-order valence-electron chi connectivity index (χ0n) is 18.5. The lowest BCUT2D eigenvalue weighted by Gasteiger charge is -2.22. The maximum atomic E-state index is 13.8. The number of nitriles is 1. The Morgan fingerprint density at radius 1 is 1.20 bits per heavy atom. The monoisotopic (exact) mass is 628 g/mol. The minimum absolute atomic E-state index is 0.00393. The van der Waals surface area contributed by atoms with Crippen LogP contribution in [0.2, 0.25) is 0 Å². The Morgan fingerprint density at radius 3 is 2.66 bits per heavy atom. The summed E-state index contributed by atoms with van der Waals surface area (Å²) in [6.07, 6.45) is -2.31. The van der Waals surface area contributed by atoms with Crippen molar-refractivity contribution in [3.8, 4) is 6.07 Å². The molecule has 1 aromatic carbocycles. The summed E-state index contributed by atoms with van der Waals surface area (Å²) in [5.74, 6) is 1.11. The molecule has 14 heteroatoms. The minimum atomic E-state index is -2.65. The Balaban J connectivity index is 1.80. The average molecular weight is 628 g/mol. The summed E-state index contributed by atoms with van der Waals surface area (Å²) in [7, 11) is 0.436. The molecule has 0 radical (unpaired) electrons. The van der Waals surface area contributed by atoms with Crippen LogP contribution >= 0.6 is 28.4 Å². The van der Waals surface area contributed by atoms with Gasteiger partial charge in [-0.3, -0.25) is 4.31 Å². The van der Waals surface area contributed by atoms with Crippen LogP contribution in [0, 0.1) is 11.3 Å². The zero-order valence-corrected chi connectivity index (χ0v) is 22.4. The predicted molar refractivity (Wildman–Crippen MR) is 147 cm³/mol. The number of pyridine rings is 2. The molecule has 0 spiro atoms. The molecule has 3 N–H and O–H groups in total. The van der Waals surface area contributed by atoms with Crippen LogP contribution in [0.25, 0.3) is 0 Å². The molecular formula is C21H20F2IN8OPS. The topological polar surface area (TPSA) is 109 Å². The van der Waals surface area contributed by atoms with Crippen molar-refractivity contribution in [1.82, 2.24) is 9.97 Å². The number of alkyl halides is 2. The maximum absolute atomic E-state index is 13.8. The highest BCUT2D eigenvalue weighted by atomic mass is 127. The number of hydrogen-bond donors (Lipinski definition) is 3. The summed E-state index contributed by atoms with van der Waals surface area (Å²) >= 11 is 2.05. The lowest BCUT2D eigenvalue weighted by Crippen LogP contribution is -2.35. The predicted octanol–water partition coefficient (Wildman–Crippen LogP) is 5.33. The molecule has 9 nitrogen and oxygen atoms in total. The zero-order chi connectivity index (χ0) is 25.1. The molecule has 3 unspecified atom stereocenters. The van der Waals surface area contributed by atoms with Crippen LogP contribution in [0.4, 0.5) is 49.0 Å². The number of para-hydroxylation sites is 2. The van der Waals surface area contributed by atoms with Gasteiger partial charge in [0, 0.05) is 25.7 Å². The quantitative estimate of drug-likeness (QED) is 0.227. The molecule has 1 aliphatic rings. The minimum Gasteiger partial charge on any atom is -0.356 e. The van der Waals surface area contributed by atoms with Crippen LogP contribution in [0.3, 0.4) is 0 Å². The van der Waals surface area contributed by atoms with Crippen molar-refractivity contribution >= 4 is 79.6 Å². The molecule has 3 atom stereocenters. The Kier molecular flexibility index (Phi) is 7.83. The summed E-state index contributed by atoms with van der Waals surface area (Å²) in [6, 6.07) is 15.9. The number of nitrogens with zero attached hydrogens (tertiary/aromatic N) is 5. The second-order valence-corrected chi connectivity index (χ2v) is 10.8. The number of fused-ring (bicyclic) bond motifs is 1. The molecule has 0 saturated heterocycles. The number of halogens is 3. The molecule has 182 valence electrons. The van der Waals surface area contributed by atoms with Crippen molar-refractivity contribution in [3.63, 3.8) is 0 Å². The number of nitrogens with one attached hydrogen (secondary N) is 3. The molecule has 0 fully saturated rings. The molecule has 3 heterocycles. The Morgan fingerprint density at radius 2 is 1.97 bits per heavy atom. The number of hydrogen-bond acceptors (Lipinski definition) is 8. The van der Waals surface area contributed by atoms with Gasteiger partial charge in [-0.05, 0) is 46.3 Å². The highest BCUT2D eigenvalue weighted by Gasteiger charge is 2.38. The number of benzene rings is 1. The van der Waals surface area contributed by atoms with Gasteiger partial charge < -0.3 is 20.6 Å². The Bertz CT molecular complexity index is 1310. The van der Waals surface area contributed by atoms with Crippen molar-refractivity contribution in [2.45, 2.75) is 12.6 Å². The van der Waals surface area contributed by atoms with Gasteiger partial charge in [-0.25, -0.2) is 23.0 Å². The van der Waals surface area contributed by atoms with Gasteiger partial charge in [-0.2, -0.15) is 5.26 Å². The number of anilines is 7. The van der Waals surface area contributed by atoms with E-state index < -0.39 is 23.6 Å². The van der Waals surface area contributed by atoms with Gasteiger partial charge in [-0.1, -0.05) is 18.2 Å². The molecule has 3 aromatic rings. The molecule has 35 heavy (non-hydrogen) atoms. The summed E-state index contributed by atoms with van der Waals surface area (Å²) in [6.45, 7) is 0. The molecule has 0 amide bonds. The van der Waals surface area contributed by atoms with E-state index in [1.807, 2.05) is 52.4 Å². The van der Waals surface area contributed by atoms with E-state index in [-0.39, 0.29) is 12.1 Å². The second-order valence-electron chi connectivity index (χ2n) is 7.34. The average Bonchev–Trinajstić information content (AvgIpc) is 3.23. The Labute approximate surface area is 218 Å². The molecule has 1 aliphatic heterocycles. The Hall–Kier alpha value is -2.82. The van der Waals surface area contributed by atoms with Gasteiger partial charge >= 0.3 is 0 Å². The highest BCUT2D eigenvalue weighted by Crippen LogP contribution is 2.49. The van der Waals surface area contributed by atoms with E-state index in [2.05, 4.69) is 25.9 Å². The van der Waals surface area contributed by atoms with Crippen LogP contribution in [0.5, 0.6) is 0 Å². The van der Waals surface area contributed by atoms with Crippen LogP contribution < -0.4 is 24.9 Å². The molecule has 0 saturated carbocycles. The van der Waals surface area contributed by atoms with E-state index >= 15 is 0 Å². The van der Waals surface area contributed by atoms with Gasteiger partial charge in [0.25, 0.3) is 6.43 Å². The van der Waals surface area contributed by atoms with E-state index in [9.17, 15) is 13.0 Å². The van der Waals surface area contributed by atoms with Crippen molar-refractivity contribution < 1.29 is 13.0 Å². The maximum Gasteiger partial charge on any atom is 0.277 e. The van der Waals surface area contributed by atoms with Gasteiger partial charge in [-0.15, -0.1) is 0 Å². The van der Waals surface area contributed by atoms with E-state index in [0.29, 0.717) is 40.2 Å². The first-order chi connectivity index (χ1) is 16.8. The normalized spacial score (nSPS) is 15.6. The van der Waals surface area contributed by atoms with E-state index in [4.69, 9.17) is 5.26 Å². The standard InChI is InChI=1S/C21H20F2IN8OPS/c1-31(35(2)33)15-8-4-3-7-13(15)27-14-10-17(28-16-9-5-6-12(11-25)26-16)29-20-18(14)30-21(19(22)23)32(20)34-24/h3-10,19,21,30,34H,1-2H3,(H2,26,27,28,29). The fourth-order valence-corrected chi connectivity index (χ4v) is 6.00. The highest BCUT2D eigenvalue weighted by molar-refractivity contribution is 14.2. The summed E-state index contributed by atoms with van der Waals surface area (Å²) in [5.41, 5.74) is 2.47. The fourth-order valence-electron chi connectivity index (χ4n) is 3.46. The third kappa shape index (κ3) is 5.39. The van der Waals surface area contributed by atoms with Crippen molar-refractivity contribution in [2.75, 3.05) is 38.2 Å². The molecule has 0 bridgehead atoms. The summed E-state index contributed by atoms with van der Waals surface area (Å²) < 4.78 is 42.9. The summed E-state index contributed by atoms with van der Waals surface area (Å²) in [4.78, 5) is 8.79. The first-order valence-corrected chi connectivity index (χ1v) is 15.7. The number of aromatic nitrogens is 2. The van der Waals surface area contributed by atoms with Crippen LogP contribution in [-0.4, -0.2) is 40.1 Å². The van der Waals surface area contributed by atoms with Crippen LogP contribution in [-0.2, 0) is 11.0 Å². The van der Waals surface area contributed by atoms with Gasteiger partial charge in [0.2, 0.25) is 0 Å². The molecule has 4 rings (SSSR count). The van der Waals surface area contributed by atoms with Gasteiger partial charge in [0.1, 0.15) is 40.1 Å². The van der Waals surface area contributed by atoms with Crippen LogP contribution in [0.1, 0.15) is 5.69 Å². The lowest BCUT2D eigenvalue weighted by atomic mass is 10.2. The molecular weight excluding hydrogens is 608 g/mol. The SMILES string of the molecule is CN(c1ccccc1Nc1cc(Nc2cccc(C#N)n2)nc2c1NC(C(F)F)N2PI)S(C)=O. The fraction of sp³-hybridized carbons (Fsp3) is 0.190. The smallest absolute Gasteiger partial charge is 0.277 e. The number of rotatable bonds is 8. The van der Waals surface area contributed by atoms with Crippen LogP contribution in [0.15, 0.2) is 48.5 Å². The van der Waals surface area contributed by atoms with Crippen molar-refractivity contribution in [3.05, 3.63) is 54.2 Å². The first-order valence-electron chi connectivity index (χ1n) is 10.1. The third-order valence-electron chi connectivity index (χ3n) is 5.15. The van der Waals surface area contributed by atoms with E-state index in [1.165, 1.54) is 4.67 Å². The third-order valence-corrected chi connectivity index (χ3v) is 8.35. The van der Waals surface area contributed by atoms with Crippen molar-refractivity contribution in [1.29, 1.82) is 5.26 Å². The van der Waals surface area contributed by atoms with Gasteiger partial charge in [0.15, 0.2) is 12.0 Å². The molecule has 0 aliphatic carbocycles. The first kappa shape index (κ1) is 25.3. The second kappa shape index (κ2) is 10.8.